The van der Waals surface area contributed by atoms with Crippen molar-refractivity contribution >= 4 is 0 Å². The zero-order valence-electron chi connectivity index (χ0n) is 14.3. The summed E-state index contributed by atoms with van der Waals surface area (Å²) in [4.78, 5) is 0. The molecule has 0 atom stereocenters. The fraction of sp³-hybridized carbons (Fsp3) is 0.714. The summed E-state index contributed by atoms with van der Waals surface area (Å²) in [6.45, 7) is 3.56. The third kappa shape index (κ3) is 4.59. The first-order valence-corrected chi connectivity index (χ1v) is 9.57. The third-order valence-electron chi connectivity index (χ3n) is 5.90. The van der Waals surface area contributed by atoms with Gasteiger partial charge in [-0.05, 0) is 61.8 Å². The standard InChI is InChI=1S/C21H33N/c1-2-3-7-18-12-14-21(15-13-18,17-22-20-10-11-20)16-19-8-5-4-6-9-19/h4-6,8-9,18,20,22H,2-3,7,10-17H2,1H3. The van der Waals surface area contributed by atoms with Crippen LogP contribution < -0.4 is 5.32 Å². The van der Waals surface area contributed by atoms with Crippen LogP contribution in [0.2, 0.25) is 0 Å². The Hall–Kier alpha value is -0.820. The first-order valence-electron chi connectivity index (χ1n) is 9.57. The van der Waals surface area contributed by atoms with Crippen LogP contribution in [0.25, 0.3) is 0 Å². The van der Waals surface area contributed by atoms with Crippen molar-refractivity contribution in [3.8, 4) is 0 Å². The Kier molecular flexibility index (Phi) is 5.57. The highest BCUT2D eigenvalue weighted by atomic mass is 15.0. The third-order valence-corrected chi connectivity index (χ3v) is 5.90. The average Bonchev–Trinajstić information content (AvgIpc) is 3.38. The topological polar surface area (TPSA) is 12.0 Å². The monoisotopic (exact) mass is 299 g/mol. The van der Waals surface area contributed by atoms with E-state index in [1.807, 2.05) is 0 Å². The maximum absolute atomic E-state index is 3.85. The molecule has 122 valence electrons. The molecule has 2 aliphatic rings. The summed E-state index contributed by atoms with van der Waals surface area (Å²) in [5.41, 5.74) is 2.05. The normalized spacial score (nSPS) is 28.7. The molecule has 1 aromatic carbocycles. The van der Waals surface area contributed by atoms with E-state index in [-0.39, 0.29) is 0 Å². The zero-order valence-corrected chi connectivity index (χ0v) is 14.3. The SMILES string of the molecule is CCCCC1CCC(CNC2CC2)(Cc2ccccc2)CC1. The number of hydrogen-bond donors (Lipinski definition) is 1. The van der Waals surface area contributed by atoms with Crippen LogP contribution in [0.1, 0.15) is 70.3 Å². The van der Waals surface area contributed by atoms with Crippen LogP contribution in [0.5, 0.6) is 0 Å². The number of hydrogen-bond acceptors (Lipinski definition) is 1. The van der Waals surface area contributed by atoms with Gasteiger partial charge in [-0.2, -0.15) is 0 Å². The molecule has 2 saturated carbocycles. The largest absolute Gasteiger partial charge is 0.313 e. The van der Waals surface area contributed by atoms with Crippen molar-refractivity contribution in [3.63, 3.8) is 0 Å². The van der Waals surface area contributed by atoms with Crippen LogP contribution in [0.15, 0.2) is 30.3 Å². The van der Waals surface area contributed by atoms with E-state index in [2.05, 4.69) is 42.6 Å². The second-order valence-electron chi connectivity index (χ2n) is 7.90. The number of rotatable bonds is 8. The maximum atomic E-state index is 3.85. The van der Waals surface area contributed by atoms with Crippen LogP contribution in [0, 0.1) is 11.3 Å². The van der Waals surface area contributed by atoms with Crippen LogP contribution in [-0.4, -0.2) is 12.6 Å². The van der Waals surface area contributed by atoms with E-state index in [0.29, 0.717) is 5.41 Å². The highest BCUT2D eigenvalue weighted by molar-refractivity contribution is 5.17. The molecule has 0 radical (unpaired) electrons. The van der Waals surface area contributed by atoms with Gasteiger partial charge in [-0.3, -0.25) is 0 Å². The Morgan fingerprint density at radius 3 is 2.41 bits per heavy atom. The van der Waals surface area contributed by atoms with Gasteiger partial charge in [-0.15, -0.1) is 0 Å². The molecule has 1 N–H and O–H groups in total. The predicted octanol–water partition coefficient (Wildman–Crippen LogP) is 5.35. The second-order valence-corrected chi connectivity index (χ2v) is 7.90. The molecule has 1 aromatic rings. The number of unbranched alkanes of at least 4 members (excludes halogenated alkanes) is 1. The fourth-order valence-corrected chi connectivity index (χ4v) is 4.16. The highest BCUT2D eigenvalue weighted by Gasteiger charge is 2.36. The lowest BCUT2D eigenvalue weighted by Crippen LogP contribution is -2.40. The van der Waals surface area contributed by atoms with Crippen molar-refractivity contribution in [2.24, 2.45) is 11.3 Å². The van der Waals surface area contributed by atoms with Crippen molar-refractivity contribution in [1.82, 2.24) is 5.32 Å². The number of benzene rings is 1. The molecule has 0 unspecified atom stereocenters. The predicted molar refractivity (Wildman–Crippen MR) is 95.1 cm³/mol. The van der Waals surface area contributed by atoms with Gasteiger partial charge in [-0.1, -0.05) is 56.5 Å². The Labute approximate surface area is 136 Å². The van der Waals surface area contributed by atoms with Crippen molar-refractivity contribution in [2.75, 3.05) is 6.54 Å². The molecule has 22 heavy (non-hydrogen) atoms. The van der Waals surface area contributed by atoms with Crippen molar-refractivity contribution in [1.29, 1.82) is 0 Å². The van der Waals surface area contributed by atoms with Gasteiger partial charge in [-0.25, -0.2) is 0 Å². The zero-order chi connectivity index (χ0) is 15.3. The van der Waals surface area contributed by atoms with E-state index >= 15 is 0 Å². The lowest BCUT2D eigenvalue weighted by molar-refractivity contribution is 0.138. The second kappa shape index (κ2) is 7.64. The van der Waals surface area contributed by atoms with Crippen molar-refractivity contribution < 1.29 is 0 Å². The summed E-state index contributed by atoms with van der Waals surface area (Å²) in [6.07, 6.45) is 14.1. The van der Waals surface area contributed by atoms with Gasteiger partial charge in [0, 0.05) is 12.6 Å². The molecule has 2 aliphatic carbocycles. The highest BCUT2D eigenvalue weighted by Crippen LogP contribution is 2.43. The quantitative estimate of drug-likeness (QED) is 0.682. The van der Waals surface area contributed by atoms with Crippen LogP contribution in [0.4, 0.5) is 0 Å². The maximum Gasteiger partial charge on any atom is 0.00684 e. The Balaban J connectivity index is 1.59. The van der Waals surface area contributed by atoms with E-state index in [4.69, 9.17) is 0 Å². The summed E-state index contributed by atoms with van der Waals surface area (Å²) in [7, 11) is 0. The summed E-state index contributed by atoms with van der Waals surface area (Å²) >= 11 is 0. The minimum Gasteiger partial charge on any atom is -0.313 e. The Morgan fingerprint density at radius 1 is 1.05 bits per heavy atom. The van der Waals surface area contributed by atoms with Crippen LogP contribution in [0.3, 0.4) is 0 Å². The Bertz CT molecular complexity index is 426. The lowest BCUT2D eigenvalue weighted by Gasteiger charge is -2.41. The summed E-state index contributed by atoms with van der Waals surface area (Å²) < 4.78 is 0. The van der Waals surface area contributed by atoms with Gasteiger partial charge in [0.15, 0.2) is 0 Å². The smallest absolute Gasteiger partial charge is 0.00684 e. The van der Waals surface area contributed by atoms with E-state index in [9.17, 15) is 0 Å². The van der Waals surface area contributed by atoms with E-state index < -0.39 is 0 Å². The molecule has 0 amide bonds. The molecular formula is C21H33N. The van der Waals surface area contributed by atoms with Crippen LogP contribution >= 0.6 is 0 Å². The summed E-state index contributed by atoms with van der Waals surface area (Å²) in [6, 6.07) is 12.0. The van der Waals surface area contributed by atoms with E-state index in [1.54, 1.807) is 0 Å². The van der Waals surface area contributed by atoms with E-state index in [1.165, 1.54) is 76.3 Å². The molecule has 0 aromatic heterocycles. The minimum absolute atomic E-state index is 0.520. The number of nitrogens with one attached hydrogen (secondary N) is 1. The van der Waals surface area contributed by atoms with Gasteiger partial charge in [0.05, 0.1) is 0 Å². The van der Waals surface area contributed by atoms with Gasteiger partial charge in [0.2, 0.25) is 0 Å². The lowest BCUT2D eigenvalue weighted by atomic mass is 9.66. The molecule has 0 spiro atoms. The summed E-state index contributed by atoms with van der Waals surface area (Å²) in [5.74, 6) is 1.00. The van der Waals surface area contributed by atoms with E-state index in [0.717, 1.165) is 12.0 Å². The molecule has 0 saturated heterocycles. The molecule has 0 bridgehead atoms. The summed E-state index contributed by atoms with van der Waals surface area (Å²) in [5, 5.41) is 3.85. The van der Waals surface area contributed by atoms with Crippen molar-refractivity contribution in [2.45, 2.75) is 77.2 Å². The molecule has 1 heteroatoms. The average molecular weight is 300 g/mol. The van der Waals surface area contributed by atoms with Crippen LogP contribution in [-0.2, 0) is 6.42 Å². The van der Waals surface area contributed by atoms with Gasteiger partial charge >= 0.3 is 0 Å². The molecule has 2 fully saturated rings. The molecule has 0 aliphatic heterocycles. The first-order chi connectivity index (χ1) is 10.8. The Morgan fingerprint density at radius 2 is 1.77 bits per heavy atom. The molecular weight excluding hydrogens is 266 g/mol. The van der Waals surface area contributed by atoms with Gasteiger partial charge in [0.25, 0.3) is 0 Å². The molecule has 0 heterocycles. The first kappa shape index (κ1) is 16.1. The molecule has 1 nitrogen and oxygen atoms in total. The van der Waals surface area contributed by atoms with Gasteiger partial charge in [0.1, 0.15) is 0 Å². The fourth-order valence-electron chi connectivity index (χ4n) is 4.16. The van der Waals surface area contributed by atoms with Gasteiger partial charge < -0.3 is 5.32 Å². The molecule has 3 rings (SSSR count). The minimum atomic E-state index is 0.520. The van der Waals surface area contributed by atoms with Crippen molar-refractivity contribution in [3.05, 3.63) is 35.9 Å².